The first-order valence-corrected chi connectivity index (χ1v) is 9.83. The number of fused-ring (bicyclic) bond motifs is 8. The number of non-ortho nitro benzene ring substituents is 1. The maximum atomic E-state index is 13.0. The Morgan fingerprint density at radius 3 is 2.55 bits per heavy atom. The summed E-state index contributed by atoms with van der Waals surface area (Å²) in [6.45, 7) is 0. The van der Waals surface area contributed by atoms with Gasteiger partial charge in [-0.2, -0.15) is 0 Å². The van der Waals surface area contributed by atoms with Gasteiger partial charge in [0.25, 0.3) is 11.5 Å². The number of nitrogens with zero attached hydrogens (tertiary/aromatic N) is 1. The second-order valence-electron chi connectivity index (χ2n) is 7.69. The lowest BCUT2D eigenvalue weighted by Crippen LogP contribution is -2.48. The zero-order valence-corrected chi connectivity index (χ0v) is 16.1. The standard InChI is InChI=1S/C24H15NO6/c26-23-21-18-13-24(14-6-2-1-3-7-14,30-20-11-10-15(25(27)28)12-17(18)20)31-22(21)16-8-4-5-9-19(16)29-23/h1-12,18H,13H2. The molecule has 0 spiro atoms. The number of rotatable bonds is 2. The highest BCUT2D eigenvalue weighted by Gasteiger charge is 2.51. The van der Waals surface area contributed by atoms with Crippen molar-refractivity contribution < 1.29 is 18.8 Å². The summed E-state index contributed by atoms with van der Waals surface area (Å²) in [6.07, 6.45) is 0.293. The van der Waals surface area contributed by atoms with Gasteiger partial charge in [-0.3, -0.25) is 10.1 Å². The van der Waals surface area contributed by atoms with E-state index in [1.54, 1.807) is 18.2 Å². The SMILES string of the molecule is O=c1oc2ccccc2c2c1C1CC(c3ccccc3)(Oc3ccc([N+](=O)[O-])cc31)O2. The molecule has 0 fully saturated rings. The molecule has 7 heteroatoms. The molecule has 0 amide bonds. The molecular weight excluding hydrogens is 398 g/mol. The Morgan fingerprint density at radius 2 is 1.74 bits per heavy atom. The van der Waals surface area contributed by atoms with Gasteiger partial charge in [0.2, 0.25) is 0 Å². The van der Waals surface area contributed by atoms with Crippen LogP contribution in [0.1, 0.15) is 29.0 Å². The van der Waals surface area contributed by atoms with Crippen LogP contribution in [0.2, 0.25) is 0 Å². The molecule has 152 valence electrons. The van der Waals surface area contributed by atoms with Crippen molar-refractivity contribution in [3.05, 3.63) is 110 Å². The summed E-state index contributed by atoms with van der Waals surface area (Å²) >= 11 is 0. The number of hydrogen-bond acceptors (Lipinski definition) is 6. The van der Waals surface area contributed by atoms with Gasteiger partial charge >= 0.3 is 5.63 Å². The van der Waals surface area contributed by atoms with Crippen LogP contribution in [0.3, 0.4) is 0 Å². The molecule has 3 aromatic carbocycles. The quantitative estimate of drug-likeness (QED) is 0.265. The zero-order valence-electron chi connectivity index (χ0n) is 16.1. The van der Waals surface area contributed by atoms with Gasteiger partial charge in [0, 0.05) is 35.6 Å². The van der Waals surface area contributed by atoms with E-state index in [4.69, 9.17) is 13.9 Å². The largest absolute Gasteiger partial charge is 0.448 e. The van der Waals surface area contributed by atoms with Crippen molar-refractivity contribution in [2.24, 2.45) is 0 Å². The molecule has 6 rings (SSSR count). The van der Waals surface area contributed by atoms with E-state index in [1.165, 1.54) is 12.1 Å². The second-order valence-corrected chi connectivity index (χ2v) is 7.69. The molecule has 3 heterocycles. The molecule has 0 N–H and O–H groups in total. The van der Waals surface area contributed by atoms with Crippen LogP contribution in [-0.4, -0.2) is 4.92 Å². The molecule has 0 saturated heterocycles. The van der Waals surface area contributed by atoms with Gasteiger partial charge in [0.05, 0.1) is 15.9 Å². The molecule has 4 aromatic rings. The fraction of sp³-hybridized carbons (Fsp3) is 0.125. The average molecular weight is 413 g/mol. The van der Waals surface area contributed by atoms with E-state index in [0.29, 0.717) is 40.0 Å². The van der Waals surface area contributed by atoms with E-state index in [2.05, 4.69) is 0 Å². The van der Waals surface area contributed by atoms with Crippen molar-refractivity contribution >= 4 is 16.7 Å². The number of ether oxygens (including phenoxy) is 2. The highest BCUT2D eigenvalue weighted by atomic mass is 16.7. The van der Waals surface area contributed by atoms with Gasteiger partial charge in [-0.25, -0.2) is 4.79 Å². The molecular formula is C24H15NO6. The summed E-state index contributed by atoms with van der Waals surface area (Å²) in [5.74, 6) is -0.806. The van der Waals surface area contributed by atoms with Gasteiger partial charge < -0.3 is 13.9 Å². The monoisotopic (exact) mass is 413 g/mol. The van der Waals surface area contributed by atoms with E-state index in [0.717, 1.165) is 5.56 Å². The lowest BCUT2D eigenvalue weighted by Gasteiger charge is -2.46. The van der Waals surface area contributed by atoms with Crippen molar-refractivity contribution in [3.8, 4) is 11.5 Å². The predicted molar refractivity (Wildman–Crippen MR) is 111 cm³/mol. The average Bonchev–Trinajstić information content (AvgIpc) is 2.79. The van der Waals surface area contributed by atoms with Crippen molar-refractivity contribution in [2.75, 3.05) is 0 Å². The Hall–Kier alpha value is -4.13. The van der Waals surface area contributed by atoms with Gasteiger partial charge in [0.15, 0.2) is 0 Å². The molecule has 0 radical (unpaired) electrons. The van der Waals surface area contributed by atoms with Gasteiger partial charge in [-0.15, -0.1) is 0 Å². The molecule has 0 saturated carbocycles. The molecule has 2 atom stereocenters. The van der Waals surface area contributed by atoms with E-state index < -0.39 is 22.3 Å². The summed E-state index contributed by atoms with van der Waals surface area (Å²) in [5.41, 5.74) is 1.57. The van der Waals surface area contributed by atoms with Crippen LogP contribution in [-0.2, 0) is 5.79 Å². The van der Waals surface area contributed by atoms with Crippen molar-refractivity contribution in [2.45, 2.75) is 18.1 Å². The second kappa shape index (κ2) is 6.18. The Bertz CT molecular complexity index is 1430. The van der Waals surface area contributed by atoms with Crippen LogP contribution >= 0.6 is 0 Å². The molecule has 2 aliphatic heterocycles. The maximum Gasteiger partial charge on any atom is 0.343 e. The molecule has 7 nitrogen and oxygen atoms in total. The van der Waals surface area contributed by atoms with E-state index in [1.807, 2.05) is 42.5 Å². The van der Waals surface area contributed by atoms with Gasteiger partial charge in [-0.05, 0) is 18.2 Å². The first-order valence-electron chi connectivity index (χ1n) is 9.83. The number of nitro groups is 1. The summed E-state index contributed by atoms with van der Waals surface area (Å²) in [6, 6.07) is 21.1. The molecule has 0 aliphatic carbocycles. The van der Waals surface area contributed by atoms with Crippen molar-refractivity contribution in [1.29, 1.82) is 0 Å². The third-order valence-corrected chi connectivity index (χ3v) is 5.96. The normalized spacial score (nSPS) is 20.8. The predicted octanol–water partition coefficient (Wildman–Crippen LogP) is 4.86. The van der Waals surface area contributed by atoms with Crippen LogP contribution in [0.15, 0.2) is 82.0 Å². The fourth-order valence-electron chi connectivity index (χ4n) is 4.57. The highest BCUT2D eigenvalue weighted by molar-refractivity contribution is 5.85. The Morgan fingerprint density at radius 1 is 0.968 bits per heavy atom. The molecule has 1 aromatic heterocycles. The van der Waals surface area contributed by atoms with Crippen molar-refractivity contribution in [3.63, 3.8) is 0 Å². The number of para-hydroxylation sites is 1. The third kappa shape index (κ3) is 2.49. The van der Waals surface area contributed by atoms with Gasteiger partial charge in [0.1, 0.15) is 17.1 Å². The number of benzene rings is 3. The topological polar surface area (TPSA) is 91.8 Å². The first-order chi connectivity index (χ1) is 15.1. The zero-order chi connectivity index (χ0) is 21.2. The third-order valence-electron chi connectivity index (χ3n) is 5.96. The first kappa shape index (κ1) is 17.7. The summed E-state index contributed by atoms with van der Waals surface area (Å²) < 4.78 is 18.4. The lowest BCUT2D eigenvalue weighted by atomic mass is 9.78. The smallest absolute Gasteiger partial charge is 0.343 e. The summed E-state index contributed by atoms with van der Waals surface area (Å²) in [4.78, 5) is 24.0. The Balaban J connectivity index is 1.69. The molecule has 2 aliphatic rings. The summed E-state index contributed by atoms with van der Waals surface area (Å²) in [5, 5.41) is 12.0. The van der Waals surface area contributed by atoms with Gasteiger partial charge in [-0.1, -0.05) is 42.5 Å². The lowest BCUT2D eigenvalue weighted by molar-refractivity contribution is -0.385. The Kier molecular flexibility index (Phi) is 3.53. The van der Waals surface area contributed by atoms with Crippen LogP contribution in [0.25, 0.3) is 11.0 Å². The minimum Gasteiger partial charge on any atom is -0.448 e. The van der Waals surface area contributed by atoms with Crippen molar-refractivity contribution in [1.82, 2.24) is 0 Å². The number of hydrogen-bond donors (Lipinski definition) is 0. The minimum atomic E-state index is -1.17. The van der Waals surface area contributed by atoms with Crippen LogP contribution in [0, 0.1) is 10.1 Å². The minimum absolute atomic E-state index is 0.0622. The van der Waals surface area contributed by atoms with E-state index >= 15 is 0 Å². The molecule has 2 unspecified atom stereocenters. The summed E-state index contributed by atoms with van der Waals surface area (Å²) in [7, 11) is 0. The Labute approximate surface area is 175 Å². The van der Waals surface area contributed by atoms with Crippen LogP contribution in [0.5, 0.6) is 11.5 Å². The molecule has 2 bridgehead atoms. The van der Waals surface area contributed by atoms with Crippen LogP contribution in [0.4, 0.5) is 5.69 Å². The van der Waals surface area contributed by atoms with Crippen LogP contribution < -0.4 is 15.1 Å². The highest BCUT2D eigenvalue weighted by Crippen LogP contribution is 2.55. The van der Waals surface area contributed by atoms with E-state index in [9.17, 15) is 14.9 Å². The molecule has 31 heavy (non-hydrogen) atoms. The maximum absolute atomic E-state index is 13.0. The van der Waals surface area contributed by atoms with E-state index in [-0.39, 0.29) is 5.69 Å². The fourth-order valence-corrected chi connectivity index (χ4v) is 4.57. The number of nitro benzene ring substituents is 1.